The molecule has 1 atom stereocenters. The maximum absolute atomic E-state index is 13.1. The fourth-order valence-corrected chi connectivity index (χ4v) is 5.89. The Labute approximate surface area is 182 Å². The summed E-state index contributed by atoms with van der Waals surface area (Å²) in [6.45, 7) is 3.96. The Morgan fingerprint density at radius 2 is 1.74 bits per heavy atom. The van der Waals surface area contributed by atoms with Crippen LogP contribution in [0.2, 0.25) is 0 Å². The zero-order valence-corrected chi connectivity index (χ0v) is 18.3. The standard InChI is InChI=1S/C22H25N3O5S/c1-16-15-31(28,29)25(21(16)26)18-7-5-6-17(14-18)22(27)24-12-10-23(11-13-24)19-8-3-4-9-20(19)30-2/h3-9,14,16H,10-13,15H2,1-2H3. The first-order chi connectivity index (χ1) is 14.8. The van der Waals surface area contributed by atoms with Crippen LogP contribution in [0.1, 0.15) is 17.3 Å². The molecule has 4 rings (SSSR count). The summed E-state index contributed by atoms with van der Waals surface area (Å²) in [6, 6.07) is 14.1. The number of hydrogen-bond acceptors (Lipinski definition) is 6. The van der Waals surface area contributed by atoms with Gasteiger partial charge in [0, 0.05) is 31.7 Å². The number of carbonyl (C=O) groups is 2. The zero-order valence-electron chi connectivity index (χ0n) is 17.5. The number of amides is 2. The summed E-state index contributed by atoms with van der Waals surface area (Å²) in [7, 11) is -2.07. The molecule has 1 unspecified atom stereocenters. The normalized spacial score (nSPS) is 20.8. The fourth-order valence-electron chi connectivity index (χ4n) is 4.08. The minimum atomic E-state index is -3.71. The lowest BCUT2D eigenvalue weighted by molar-refractivity contribution is -0.119. The summed E-state index contributed by atoms with van der Waals surface area (Å²) >= 11 is 0. The number of carbonyl (C=O) groups excluding carboxylic acids is 2. The minimum absolute atomic E-state index is 0.182. The molecule has 8 nitrogen and oxygen atoms in total. The third-order valence-electron chi connectivity index (χ3n) is 5.68. The van der Waals surface area contributed by atoms with Crippen LogP contribution in [0.4, 0.5) is 11.4 Å². The van der Waals surface area contributed by atoms with Gasteiger partial charge >= 0.3 is 0 Å². The molecule has 0 aliphatic carbocycles. The zero-order chi connectivity index (χ0) is 22.2. The Kier molecular flexibility index (Phi) is 5.62. The van der Waals surface area contributed by atoms with E-state index in [1.165, 1.54) is 6.07 Å². The lowest BCUT2D eigenvalue weighted by Gasteiger charge is -2.36. The van der Waals surface area contributed by atoms with Gasteiger partial charge in [-0.25, -0.2) is 12.7 Å². The molecule has 0 radical (unpaired) electrons. The van der Waals surface area contributed by atoms with E-state index < -0.39 is 21.8 Å². The second-order valence-corrected chi connectivity index (χ2v) is 9.65. The highest BCUT2D eigenvalue weighted by molar-refractivity contribution is 7.94. The number of hydrogen-bond donors (Lipinski definition) is 0. The van der Waals surface area contributed by atoms with Crippen molar-refractivity contribution in [2.24, 2.45) is 5.92 Å². The highest BCUT2D eigenvalue weighted by Crippen LogP contribution is 2.30. The Balaban J connectivity index is 1.49. The first-order valence-corrected chi connectivity index (χ1v) is 11.8. The summed E-state index contributed by atoms with van der Waals surface area (Å²) in [5, 5.41) is 0. The molecule has 2 fully saturated rings. The van der Waals surface area contributed by atoms with Crippen molar-refractivity contribution in [2.45, 2.75) is 6.92 Å². The third-order valence-corrected chi connectivity index (χ3v) is 7.55. The quantitative estimate of drug-likeness (QED) is 0.718. The van der Waals surface area contributed by atoms with Crippen molar-refractivity contribution in [3.05, 3.63) is 54.1 Å². The Bertz CT molecular complexity index is 1110. The Morgan fingerprint density at radius 1 is 1.03 bits per heavy atom. The summed E-state index contributed by atoms with van der Waals surface area (Å²) < 4.78 is 31.0. The molecule has 2 heterocycles. The molecule has 0 N–H and O–H groups in total. The van der Waals surface area contributed by atoms with E-state index in [9.17, 15) is 18.0 Å². The van der Waals surface area contributed by atoms with Gasteiger partial charge < -0.3 is 14.5 Å². The van der Waals surface area contributed by atoms with Gasteiger partial charge in [0.2, 0.25) is 15.9 Å². The van der Waals surface area contributed by atoms with Crippen molar-refractivity contribution >= 4 is 33.2 Å². The van der Waals surface area contributed by atoms with Crippen molar-refractivity contribution in [1.29, 1.82) is 0 Å². The first-order valence-electron chi connectivity index (χ1n) is 10.2. The molecular weight excluding hydrogens is 418 g/mol. The van der Waals surface area contributed by atoms with E-state index in [4.69, 9.17) is 4.74 Å². The number of methoxy groups -OCH3 is 1. The van der Waals surface area contributed by atoms with Crippen LogP contribution in [0.3, 0.4) is 0 Å². The molecule has 0 spiro atoms. The number of anilines is 2. The van der Waals surface area contributed by atoms with E-state index >= 15 is 0 Å². The van der Waals surface area contributed by atoms with Crippen molar-refractivity contribution in [3.8, 4) is 5.75 Å². The Hall–Kier alpha value is -3.07. The van der Waals surface area contributed by atoms with Crippen LogP contribution in [-0.4, -0.2) is 64.2 Å². The molecule has 0 saturated carbocycles. The van der Waals surface area contributed by atoms with Crippen molar-refractivity contribution in [1.82, 2.24) is 4.90 Å². The summed E-state index contributed by atoms with van der Waals surface area (Å²) in [5.74, 6) is -0.656. The molecule has 2 aliphatic heterocycles. The van der Waals surface area contributed by atoms with Gasteiger partial charge in [-0.05, 0) is 30.3 Å². The summed E-state index contributed by atoms with van der Waals surface area (Å²) in [4.78, 5) is 29.4. The number of nitrogens with zero attached hydrogens (tertiary/aromatic N) is 3. The predicted octanol–water partition coefficient (Wildman–Crippen LogP) is 1.97. The fraction of sp³-hybridized carbons (Fsp3) is 0.364. The van der Waals surface area contributed by atoms with E-state index in [-0.39, 0.29) is 17.3 Å². The molecule has 0 aromatic heterocycles. The average molecular weight is 444 g/mol. The Morgan fingerprint density at radius 3 is 2.39 bits per heavy atom. The predicted molar refractivity (Wildman–Crippen MR) is 118 cm³/mol. The number of para-hydroxylation sites is 2. The lowest BCUT2D eigenvalue weighted by atomic mass is 10.1. The van der Waals surface area contributed by atoms with E-state index in [0.717, 1.165) is 15.7 Å². The highest BCUT2D eigenvalue weighted by Gasteiger charge is 2.42. The molecule has 164 valence electrons. The molecule has 2 aromatic rings. The van der Waals surface area contributed by atoms with Crippen molar-refractivity contribution in [2.75, 3.05) is 48.2 Å². The molecule has 2 saturated heterocycles. The number of benzene rings is 2. The molecule has 2 aromatic carbocycles. The van der Waals surface area contributed by atoms with Gasteiger partial charge in [0.25, 0.3) is 5.91 Å². The number of rotatable bonds is 4. The monoisotopic (exact) mass is 443 g/mol. The SMILES string of the molecule is COc1ccccc1N1CCN(C(=O)c2cccc(N3C(=O)C(C)CS3(=O)=O)c2)CC1. The smallest absolute Gasteiger partial charge is 0.254 e. The van der Waals surface area contributed by atoms with Crippen LogP contribution in [0.15, 0.2) is 48.5 Å². The number of ether oxygens (including phenoxy) is 1. The first kappa shape index (κ1) is 21.2. The third kappa shape index (κ3) is 3.97. The minimum Gasteiger partial charge on any atom is -0.495 e. The maximum atomic E-state index is 13.1. The van der Waals surface area contributed by atoms with Gasteiger partial charge in [0.05, 0.1) is 30.2 Å². The topological polar surface area (TPSA) is 87.2 Å². The second-order valence-electron chi connectivity index (χ2n) is 7.78. The van der Waals surface area contributed by atoms with Crippen molar-refractivity contribution in [3.63, 3.8) is 0 Å². The van der Waals surface area contributed by atoms with Crippen LogP contribution in [-0.2, 0) is 14.8 Å². The van der Waals surface area contributed by atoms with E-state index in [2.05, 4.69) is 4.90 Å². The molecule has 31 heavy (non-hydrogen) atoms. The largest absolute Gasteiger partial charge is 0.495 e. The van der Waals surface area contributed by atoms with Crippen LogP contribution in [0, 0.1) is 5.92 Å². The summed E-state index contributed by atoms with van der Waals surface area (Å²) in [6.07, 6.45) is 0. The second kappa shape index (κ2) is 8.22. The van der Waals surface area contributed by atoms with E-state index in [1.54, 1.807) is 37.1 Å². The highest BCUT2D eigenvalue weighted by atomic mass is 32.2. The summed E-state index contributed by atoms with van der Waals surface area (Å²) in [5.41, 5.74) is 1.57. The van der Waals surface area contributed by atoms with Gasteiger partial charge in [-0.2, -0.15) is 0 Å². The van der Waals surface area contributed by atoms with E-state index in [0.29, 0.717) is 31.7 Å². The van der Waals surface area contributed by atoms with Crippen LogP contribution >= 0.6 is 0 Å². The van der Waals surface area contributed by atoms with Crippen molar-refractivity contribution < 1.29 is 22.7 Å². The van der Waals surface area contributed by atoms with Crippen LogP contribution in [0.5, 0.6) is 5.75 Å². The van der Waals surface area contributed by atoms with Gasteiger partial charge in [-0.3, -0.25) is 9.59 Å². The van der Waals surface area contributed by atoms with Crippen LogP contribution in [0.25, 0.3) is 0 Å². The van der Waals surface area contributed by atoms with E-state index in [1.807, 2.05) is 24.3 Å². The maximum Gasteiger partial charge on any atom is 0.254 e. The average Bonchev–Trinajstić information content (AvgIpc) is 2.99. The molecular formula is C22H25N3O5S. The molecule has 2 amide bonds. The van der Waals surface area contributed by atoms with Crippen LogP contribution < -0.4 is 13.9 Å². The van der Waals surface area contributed by atoms with Gasteiger partial charge in [0.15, 0.2) is 0 Å². The molecule has 2 aliphatic rings. The van der Waals surface area contributed by atoms with Gasteiger partial charge in [-0.15, -0.1) is 0 Å². The number of sulfonamides is 1. The van der Waals surface area contributed by atoms with Gasteiger partial charge in [0.1, 0.15) is 5.75 Å². The van der Waals surface area contributed by atoms with Gasteiger partial charge in [-0.1, -0.05) is 25.1 Å². The molecule has 0 bridgehead atoms. The number of piperazine rings is 1. The molecule has 9 heteroatoms. The lowest BCUT2D eigenvalue weighted by Crippen LogP contribution is -2.48.